The number of aromatic amines is 1. The van der Waals surface area contributed by atoms with Crippen molar-refractivity contribution in [3.05, 3.63) is 17.7 Å². The quantitative estimate of drug-likeness (QED) is 0.726. The van der Waals surface area contributed by atoms with E-state index in [2.05, 4.69) is 16.9 Å². The van der Waals surface area contributed by atoms with E-state index in [0.717, 1.165) is 11.5 Å². The number of imidazole rings is 1. The minimum absolute atomic E-state index is 0.285. The lowest BCUT2D eigenvalue weighted by atomic mass is 9.88. The number of hydrogen-bond acceptors (Lipinski definition) is 2. The first-order chi connectivity index (χ1) is 6.24. The minimum atomic E-state index is 0.285. The summed E-state index contributed by atoms with van der Waals surface area (Å²) in [5.74, 6) is 1.13. The molecule has 0 aromatic carbocycles. The molecule has 3 N–H and O–H groups in total. The van der Waals surface area contributed by atoms with Gasteiger partial charge in [-0.1, -0.05) is 19.8 Å². The molecule has 0 bridgehead atoms. The van der Waals surface area contributed by atoms with Gasteiger partial charge < -0.3 is 10.7 Å². The summed E-state index contributed by atoms with van der Waals surface area (Å²) in [6.45, 7) is 2.85. The van der Waals surface area contributed by atoms with E-state index in [0.29, 0.717) is 6.54 Å². The highest BCUT2D eigenvalue weighted by Crippen LogP contribution is 2.38. The van der Waals surface area contributed by atoms with Gasteiger partial charge in [-0.15, -0.1) is 0 Å². The van der Waals surface area contributed by atoms with Crippen LogP contribution in [-0.2, 0) is 12.0 Å². The molecule has 1 heterocycles. The molecule has 2 rings (SSSR count). The number of nitrogens with zero attached hydrogens (tertiary/aromatic N) is 1. The van der Waals surface area contributed by atoms with Crippen molar-refractivity contribution in [1.82, 2.24) is 9.97 Å². The van der Waals surface area contributed by atoms with Crippen molar-refractivity contribution in [2.45, 2.75) is 44.6 Å². The molecule has 1 fully saturated rings. The zero-order valence-electron chi connectivity index (χ0n) is 8.14. The van der Waals surface area contributed by atoms with Gasteiger partial charge in [-0.2, -0.15) is 0 Å². The van der Waals surface area contributed by atoms with Gasteiger partial charge in [0.2, 0.25) is 0 Å². The standard InChI is InChI=1S/C10H17N3/c1-10(4-2-3-5-10)9-12-7-8(6-11)13-9/h7H,2-6,11H2,1H3,(H,12,13). The van der Waals surface area contributed by atoms with Crippen LogP contribution in [0.3, 0.4) is 0 Å². The monoisotopic (exact) mass is 179 g/mol. The fraction of sp³-hybridized carbons (Fsp3) is 0.700. The summed E-state index contributed by atoms with van der Waals surface area (Å²) >= 11 is 0. The molecule has 3 nitrogen and oxygen atoms in total. The fourth-order valence-corrected chi connectivity index (χ4v) is 2.16. The Balaban J connectivity index is 2.23. The van der Waals surface area contributed by atoms with Crippen molar-refractivity contribution >= 4 is 0 Å². The average molecular weight is 179 g/mol. The van der Waals surface area contributed by atoms with Crippen LogP contribution >= 0.6 is 0 Å². The first-order valence-electron chi connectivity index (χ1n) is 4.99. The number of nitrogens with two attached hydrogens (primary N) is 1. The van der Waals surface area contributed by atoms with Gasteiger partial charge in [0.05, 0.1) is 0 Å². The second kappa shape index (κ2) is 3.14. The Kier molecular flexibility index (Phi) is 2.12. The lowest BCUT2D eigenvalue weighted by Crippen LogP contribution is -2.18. The highest BCUT2D eigenvalue weighted by molar-refractivity contribution is 5.12. The van der Waals surface area contributed by atoms with Crippen LogP contribution in [0.2, 0.25) is 0 Å². The van der Waals surface area contributed by atoms with Gasteiger partial charge in [-0.25, -0.2) is 4.98 Å². The van der Waals surface area contributed by atoms with Crippen molar-refractivity contribution in [2.75, 3.05) is 0 Å². The van der Waals surface area contributed by atoms with Crippen molar-refractivity contribution < 1.29 is 0 Å². The van der Waals surface area contributed by atoms with E-state index in [1.165, 1.54) is 25.7 Å². The highest BCUT2D eigenvalue weighted by Gasteiger charge is 2.32. The van der Waals surface area contributed by atoms with Gasteiger partial charge in [-0.05, 0) is 12.8 Å². The van der Waals surface area contributed by atoms with Gasteiger partial charge in [0, 0.05) is 23.9 Å². The minimum Gasteiger partial charge on any atom is -0.344 e. The molecule has 13 heavy (non-hydrogen) atoms. The molecule has 3 heteroatoms. The Hall–Kier alpha value is -0.830. The predicted octanol–water partition coefficient (Wildman–Crippen LogP) is 1.70. The third-order valence-corrected chi connectivity index (χ3v) is 3.13. The molecule has 0 amide bonds. The van der Waals surface area contributed by atoms with E-state index in [9.17, 15) is 0 Å². The summed E-state index contributed by atoms with van der Waals surface area (Å²) in [5.41, 5.74) is 6.86. The van der Waals surface area contributed by atoms with Crippen LogP contribution in [0.1, 0.15) is 44.1 Å². The molecule has 1 aliphatic rings. The molecule has 0 atom stereocenters. The lowest BCUT2D eigenvalue weighted by Gasteiger charge is -2.20. The Morgan fingerprint density at radius 1 is 1.54 bits per heavy atom. The number of rotatable bonds is 2. The Morgan fingerprint density at radius 3 is 2.77 bits per heavy atom. The normalized spacial score (nSPS) is 20.8. The summed E-state index contributed by atoms with van der Waals surface area (Å²) in [6, 6.07) is 0. The smallest absolute Gasteiger partial charge is 0.112 e. The molecule has 72 valence electrons. The predicted molar refractivity (Wildman–Crippen MR) is 52.3 cm³/mol. The van der Waals surface area contributed by atoms with E-state index < -0.39 is 0 Å². The molecule has 1 saturated carbocycles. The van der Waals surface area contributed by atoms with E-state index >= 15 is 0 Å². The zero-order valence-corrected chi connectivity index (χ0v) is 8.14. The van der Waals surface area contributed by atoms with Gasteiger partial charge in [-0.3, -0.25) is 0 Å². The summed E-state index contributed by atoms with van der Waals surface area (Å²) in [4.78, 5) is 7.71. The molecule has 0 saturated heterocycles. The summed E-state index contributed by atoms with van der Waals surface area (Å²) in [5, 5.41) is 0. The van der Waals surface area contributed by atoms with Gasteiger partial charge in [0.25, 0.3) is 0 Å². The average Bonchev–Trinajstić information content (AvgIpc) is 2.72. The second-order valence-corrected chi connectivity index (χ2v) is 4.23. The van der Waals surface area contributed by atoms with Crippen LogP contribution in [-0.4, -0.2) is 9.97 Å². The maximum Gasteiger partial charge on any atom is 0.112 e. The maximum atomic E-state index is 5.53. The first kappa shape index (κ1) is 8.75. The van der Waals surface area contributed by atoms with E-state index in [-0.39, 0.29) is 5.41 Å². The van der Waals surface area contributed by atoms with E-state index in [4.69, 9.17) is 5.73 Å². The van der Waals surface area contributed by atoms with Crippen molar-refractivity contribution in [1.29, 1.82) is 0 Å². The Labute approximate surface area is 78.7 Å². The van der Waals surface area contributed by atoms with Gasteiger partial charge >= 0.3 is 0 Å². The number of H-pyrrole nitrogens is 1. The van der Waals surface area contributed by atoms with Crippen LogP contribution in [0.4, 0.5) is 0 Å². The van der Waals surface area contributed by atoms with Crippen molar-refractivity contribution in [3.63, 3.8) is 0 Å². The molecular weight excluding hydrogens is 162 g/mol. The summed E-state index contributed by atoms with van der Waals surface area (Å²) < 4.78 is 0. The topological polar surface area (TPSA) is 54.7 Å². The van der Waals surface area contributed by atoms with Crippen molar-refractivity contribution in [2.24, 2.45) is 5.73 Å². The third kappa shape index (κ3) is 1.48. The molecule has 0 spiro atoms. The fourth-order valence-electron chi connectivity index (χ4n) is 2.16. The van der Waals surface area contributed by atoms with Crippen LogP contribution in [0.15, 0.2) is 6.20 Å². The molecule has 1 aromatic rings. The summed E-state index contributed by atoms with van der Waals surface area (Å²) in [6.07, 6.45) is 7.03. The number of nitrogens with one attached hydrogen (secondary N) is 1. The molecular formula is C10H17N3. The lowest BCUT2D eigenvalue weighted by molar-refractivity contribution is 0.462. The zero-order chi connectivity index (χ0) is 9.31. The van der Waals surface area contributed by atoms with Crippen LogP contribution < -0.4 is 5.73 Å². The SMILES string of the molecule is CC1(c2ncc(CN)[nH]2)CCCC1. The van der Waals surface area contributed by atoms with Crippen molar-refractivity contribution in [3.8, 4) is 0 Å². The van der Waals surface area contributed by atoms with Crippen LogP contribution in [0.25, 0.3) is 0 Å². The third-order valence-electron chi connectivity index (χ3n) is 3.13. The number of hydrogen-bond donors (Lipinski definition) is 2. The molecule has 1 aliphatic carbocycles. The second-order valence-electron chi connectivity index (χ2n) is 4.23. The maximum absolute atomic E-state index is 5.53. The molecule has 1 aromatic heterocycles. The first-order valence-corrected chi connectivity index (χ1v) is 4.99. The van der Waals surface area contributed by atoms with Gasteiger partial charge in [0.15, 0.2) is 0 Å². The van der Waals surface area contributed by atoms with E-state index in [1.54, 1.807) is 0 Å². The van der Waals surface area contributed by atoms with E-state index in [1.807, 2.05) is 6.20 Å². The summed E-state index contributed by atoms with van der Waals surface area (Å²) in [7, 11) is 0. The van der Waals surface area contributed by atoms with Gasteiger partial charge in [0.1, 0.15) is 5.82 Å². The number of aromatic nitrogens is 2. The molecule has 0 radical (unpaired) electrons. The van der Waals surface area contributed by atoms with Crippen LogP contribution in [0, 0.1) is 0 Å². The highest BCUT2D eigenvalue weighted by atomic mass is 14.9. The Morgan fingerprint density at radius 2 is 2.23 bits per heavy atom. The Bertz CT molecular complexity index is 284. The largest absolute Gasteiger partial charge is 0.344 e. The van der Waals surface area contributed by atoms with Crippen LogP contribution in [0.5, 0.6) is 0 Å². The molecule has 0 aliphatic heterocycles. The molecule has 0 unspecified atom stereocenters.